The first-order valence-corrected chi connectivity index (χ1v) is 6.26. The number of H-pyrrole nitrogens is 1. The third kappa shape index (κ3) is 1.92. The summed E-state index contributed by atoms with van der Waals surface area (Å²) >= 11 is 8.61. The van der Waals surface area contributed by atoms with Crippen LogP contribution in [0.25, 0.3) is 16.5 Å². The van der Waals surface area contributed by atoms with Crippen LogP contribution in [0.15, 0.2) is 47.2 Å². The minimum absolute atomic E-state index is 0.599. The molecule has 17 heavy (non-hydrogen) atoms. The van der Waals surface area contributed by atoms with Crippen molar-refractivity contribution in [2.45, 2.75) is 0 Å². The highest BCUT2D eigenvalue weighted by Crippen LogP contribution is 2.22. The highest BCUT2D eigenvalue weighted by atomic mass is 79.9. The van der Waals surface area contributed by atoms with Crippen LogP contribution < -0.4 is 0 Å². The van der Waals surface area contributed by atoms with Gasteiger partial charge in [0.1, 0.15) is 6.33 Å². The molecular weight excluding hydrogens is 298 g/mol. The maximum atomic E-state index is 5.15. The fourth-order valence-corrected chi connectivity index (χ4v) is 2.37. The second-order valence-electron chi connectivity index (χ2n) is 3.71. The number of halogens is 1. The van der Waals surface area contributed by atoms with Crippen molar-refractivity contribution in [1.82, 2.24) is 14.8 Å². The fraction of sp³-hybridized carbons (Fsp3) is 0. The second kappa shape index (κ2) is 4.09. The predicted molar refractivity (Wildman–Crippen MR) is 74.0 cm³/mol. The molecule has 1 aromatic heterocycles. The van der Waals surface area contributed by atoms with Gasteiger partial charge in [-0.15, -0.1) is 0 Å². The lowest BCUT2D eigenvalue weighted by Crippen LogP contribution is -1.91. The Hall–Kier alpha value is -1.46. The van der Waals surface area contributed by atoms with Gasteiger partial charge in [0.05, 0.1) is 5.69 Å². The average molecular weight is 306 g/mol. The monoisotopic (exact) mass is 305 g/mol. The minimum atomic E-state index is 0.599. The summed E-state index contributed by atoms with van der Waals surface area (Å²) in [6, 6.07) is 12.4. The number of hydrogen-bond donors (Lipinski definition) is 1. The molecule has 0 aliphatic carbocycles. The van der Waals surface area contributed by atoms with Crippen LogP contribution in [0.2, 0.25) is 0 Å². The summed E-state index contributed by atoms with van der Waals surface area (Å²) in [7, 11) is 0. The van der Waals surface area contributed by atoms with Crippen molar-refractivity contribution >= 4 is 38.9 Å². The third-order valence-electron chi connectivity index (χ3n) is 2.62. The Bertz CT molecular complexity index is 745. The maximum absolute atomic E-state index is 5.15. The Balaban J connectivity index is 2.24. The van der Waals surface area contributed by atoms with Crippen molar-refractivity contribution in [2.24, 2.45) is 0 Å². The Kier molecular flexibility index (Phi) is 2.57. The van der Waals surface area contributed by atoms with Crippen LogP contribution >= 0.6 is 28.1 Å². The van der Waals surface area contributed by atoms with Crippen LogP contribution in [-0.4, -0.2) is 14.8 Å². The van der Waals surface area contributed by atoms with Gasteiger partial charge in [-0.25, -0.2) is 0 Å². The van der Waals surface area contributed by atoms with Crippen LogP contribution in [0, 0.1) is 4.77 Å². The molecular formula is C12H8BrN3S. The van der Waals surface area contributed by atoms with Crippen LogP contribution in [0.5, 0.6) is 0 Å². The Labute approximate surface area is 111 Å². The standard InChI is InChI=1S/C12H8BrN3S/c13-10-3-1-9-6-11(4-2-8(9)5-10)16-7-14-15-12(16)17/h1-7H,(H,15,17). The molecule has 1 N–H and O–H groups in total. The maximum Gasteiger partial charge on any atom is 0.199 e. The molecule has 0 aliphatic rings. The Morgan fingerprint density at radius 1 is 1.12 bits per heavy atom. The van der Waals surface area contributed by atoms with E-state index < -0.39 is 0 Å². The first kappa shape index (κ1) is 10.7. The molecule has 1 heterocycles. The molecule has 0 unspecified atom stereocenters. The van der Waals surface area contributed by atoms with Crippen molar-refractivity contribution in [3.63, 3.8) is 0 Å². The van der Waals surface area contributed by atoms with E-state index in [9.17, 15) is 0 Å². The van der Waals surface area contributed by atoms with E-state index in [1.807, 2.05) is 16.7 Å². The number of rotatable bonds is 1. The highest BCUT2D eigenvalue weighted by Gasteiger charge is 2.00. The molecule has 84 valence electrons. The number of hydrogen-bond acceptors (Lipinski definition) is 2. The fourth-order valence-electron chi connectivity index (χ4n) is 1.79. The van der Waals surface area contributed by atoms with E-state index >= 15 is 0 Å². The summed E-state index contributed by atoms with van der Waals surface area (Å²) in [6.07, 6.45) is 1.68. The molecule has 3 nitrogen and oxygen atoms in total. The van der Waals surface area contributed by atoms with E-state index in [1.165, 1.54) is 10.8 Å². The molecule has 2 aromatic carbocycles. The second-order valence-corrected chi connectivity index (χ2v) is 5.01. The zero-order valence-electron chi connectivity index (χ0n) is 8.72. The van der Waals surface area contributed by atoms with Gasteiger partial charge in [-0.3, -0.25) is 9.67 Å². The molecule has 0 atom stereocenters. The summed E-state index contributed by atoms with van der Waals surface area (Å²) in [5.74, 6) is 0. The number of aromatic nitrogens is 3. The van der Waals surface area contributed by atoms with E-state index in [0.717, 1.165) is 10.2 Å². The molecule has 3 rings (SSSR count). The zero-order valence-corrected chi connectivity index (χ0v) is 11.1. The lowest BCUT2D eigenvalue weighted by atomic mass is 10.1. The number of aromatic amines is 1. The largest absolute Gasteiger partial charge is 0.275 e. The number of nitrogens with zero attached hydrogens (tertiary/aromatic N) is 2. The zero-order chi connectivity index (χ0) is 11.8. The molecule has 0 saturated heterocycles. The number of nitrogens with one attached hydrogen (secondary N) is 1. The van der Waals surface area contributed by atoms with E-state index in [-0.39, 0.29) is 0 Å². The van der Waals surface area contributed by atoms with Gasteiger partial charge in [0.15, 0.2) is 4.77 Å². The predicted octanol–water partition coefficient (Wildman–Crippen LogP) is 3.85. The summed E-state index contributed by atoms with van der Waals surface area (Å²) in [5.41, 5.74) is 1.01. The van der Waals surface area contributed by atoms with Crippen LogP contribution in [-0.2, 0) is 0 Å². The van der Waals surface area contributed by atoms with Crippen molar-refractivity contribution in [3.05, 3.63) is 52.0 Å². The van der Waals surface area contributed by atoms with E-state index in [0.29, 0.717) is 4.77 Å². The average Bonchev–Trinajstić information content (AvgIpc) is 2.75. The van der Waals surface area contributed by atoms with Crippen molar-refractivity contribution in [3.8, 4) is 5.69 Å². The van der Waals surface area contributed by atoms with Crippen LogP contribution in [0.3, 0.4) is 0 Å². The number of fused-ring (bicyclic) bond motifs is 1. The summed E-state index contributed by atoms with van der Waals surface area (Å²) < 4.78 is 3.52. The topological polar surface area (TPSA) is 33.6 Å². The summed E-state index contributed by atoms with van der Waals surface area (Å²) in [6.45, 7) is 0. The molecule has 3 aromatic rings. The van der Waals surface area contributed by atoms with Gasteiger partial charge in [-0.2, -0.15) is 5.10 Å². The minimum Gasteiger partial charge on any atom is -0.275 e. The quantitative estimate of drug-likeness (QED) is 0.693. The van der Waals surface area contributed by atoms with E-state index in [2.05, 4.69) is 50.4 Å². The molecule has 0 saturated carbocycles. The molecule has 0 radical (unpaired) electrons. The SMILES string of the molecule is S=c1[nH]ncn1-c1ccc2cc(Br)ccc2c1. The Morgan fingerprint density at radius 2 is 1.88 bits per heavy atom. The van der Waals surface area contributed by atoms with Gasteiger partial charge < -0.3 is 0 Å². The van der Waals surface area contributed by atoms with Gasteiger partial charge >= 0.3 is 0 Å². The van der Waals surface area contributed by atoms with Crippen molar-refractivity contribution in [1.29, 1.82) is 0 Å². The van der Waals surface area contributed by atoms with Crippen LogP contribution in [0.4, 0.5) is 0 Å². The van der Waals surface area contributed by atoms with Crippen molar-refractivity contribution in [2.75, 3.05) is 0 Å². The third-order valence-corrected chi connectivity index (χ3v) is 3.40. The first-order valence-electron chi connectivity index (χ1n) is 5.06. The van der Waals surface area contributed by atoms with E-state index in [4.69, 9.17) is 12.2 Å². The van der Waals surface area contributed by atoms with Gasteiger partial charge in [0.2, 0.25) is 0 Å². The molecule has 0 bridgehead atoms. The lowest BCUT2D eigenvalue weighted by molar-refractivity contribution is 1.03. The van der Waals surface area contributed by atoms with E-state index in [1.54, 1.807) is 6.33 Å². The Morgan fingerprint density at radius 3 is 2.65 bits per heavy atom. The van der Waals surface area contributed by atoms with Gasteiger partial charge in [-0.1, -0.05) is 28.1 Å². The van der Waals surface area contributed by atoms with Gasteiger partial charge in [-0.05, 0) is 47.3 Å². The summed E-state index contributed by atoms with van der Waals surface area (Å²) in [5, 5.41) is 9.03. The molecule has 5 heteroatoms. The molecule has 0 amide bonds. The van der Waals surface area contributed by atoms with Crippen molar-refractivity contribution < 1.29 is 0 Å². The van der Waals surface area contributed by atoms with Gasteiger partial charge in [0, 0.05) is 4.47 Å². The molecule has 0 spiro atoms. The first-order chi connectivity index (χ1) is 8.24. The lowest BCUT2D eigenvalue weighted by Gasteiger charge is -2.04. The van der Waals surface area contributed by atoms with Crippen LogP contribution in [0.1, 0.15) is 0 Å². The molecule has 0 aliphatic heterocycles. The molecule has 0 fully saturated rings. The number of benzene rings is 2. The summed E-state index contributed by atoms with van der Waals surface area (Å²) in [4.78, 5) is 0. The highest BCUT2D eigenvalue weighted by molar-refractivity contribution is 9.10. The smallest absolute Gasteiger partial charge is 0.199 e. The van der Waals surface area contributed by atoms with Gasteiger partial charge in [0.25, 0.3) is 0 Å². The normalized spacial score (nSPS) is 10.9.